The molecular weight excluding hydrogens is 288 g/mol. The van der Waals surface area contributed by atoms with Gasteiger partial charge in [-0.15, -0.1) is 0 Å². The number of para-hydroxylation sites is 1. The highest BCUT2D eigenvalue weighted by atomic mass is 35.5. The van der Waals surface area contributed by atoms with Gasteiger partial charge in [0.05, 0.1) is 17.6 Å². The Hall–Kier alpha value is -1.26. The lowest BCUT2D eigenvalue weighted by molar-refractivity contribution is -0.124. The summed E-state index contributed by atoms with van der Waals surface area (Å²) in [6, 6.07) is 7.34. The van der Waals surface area contributed by atoms with Crippen molar-refractivity contribution in [2.24, 2.45) is 0 Å². The van der Waals surface area contributed by atoms with E-state index in [9.17, 15) is 4.79 Å². The van der Waals surface area contributed by atoms with Crippen LogP contribution in [0, 0.1) is 0 Å². The van der Waals surface area contributed by atoms with Gasteiger partial charge in [-0.3, -0.25) is 4.79 Å². The van der Waals surface area contributed by atoms with Crippen LogP contribution in [0.2, 0.25) is 5.02 Å². The molecule has 4 nitrogen and oxygen atoms in total. The van der Waals surface area contributed by atoms with Gasteiger partial charge in [0, 0.05) is 0 Å². The molecule has 21 heavy (non-hydrogen) atoms. The number of hydrogen-bond acceptors (Lipinski definition) is 3. The van der Waals surface area contributed by atoms with Crippen molar-refractivity contribution in [3.63, 3.8) is 0 Å². The molecule has 1 aliphatic rings. The van der Waals surface area contributed by atoms with E-state index in [-0.39, 0.29) is 18.1 Å². The molecule has 1 aliphatic heterocycles. The van der Waals surface area contributed by atoms with Crippen LogP contribution in [-0.2, 0) is 4.79 Å². The molecule has 0 aromatic heterocycles. The molecule has 0 aliphatic carbocycles. The van der Waals surface area contributed by atoms with Crippen LogP contribution < -0.4 is 15.4 Å². The van der Waals surface area contributed by atoms with E-state index in [1.165, 1.54) is 0 Å². The fourth-order valence-corrected chi connectivity index (χ4v) is 2.58. The van der Waals surface area contributed by atoms with E-state index < -0.39 is 0 Å². The Morgan fingerprint density at radius 3 is 2.95 bits per heavy atom. The van der Waals surface area contributed by atoms with Gasteiger partial charge in [-0.05, 0) is 37.9 Å². The molecule has 2 rings (SSSR count). The zero-order valence-corrected chi connectivity index (χ0v) is 13.2. The second kappa shape index (κ2) is 8.25. The molecular formula is C16H23ClN2O2. The molecule has 1 heterocycles. The number of rotatable bonds is 6. The summed E-state index contributed by atoms with van der Waals surface area (Å²) < 4.78 is 5.87. The topological polar surface area (TPSA) is 50.4 Å². The van der Waals surface area contributed by atoms with Crippen molar-refractivity contribution in [3.8, 4) is 5.75 Å². The first-order valence-electron chi connectivity index (χ1n) is 7.63. The Labute approximate surface area is 131 Å². The summed E-state index contributed by atoms with van der Waals surface area (Å²) in [5.74, 6) is 0.729. The summed E-state index contributed by atoms with van der Waals surface area (Å²) in [7, 11) is 0. The number of carbonyl (C=O) groups excluding carboxylic acids is 1. The molecule has 2 unspecified atom stereocenters. The van der Waals surface area contributed by atoms with Crippen LogP contribution in [0.1, 0.15) is 32.6 Å². The van der Waals surface area contributed by atoms with E-state index in [1.807, 2.05) is 25.1 Å². The lowest BCUT2D eigenvalue weighted by Gasteiger charge is -2.24. The fourth-order valence-electron chi connectivity index (χ4n) is 2.40. The van der Waals surface area contributed by atoms with Gasteiger partial charge < -0.3 is 15.4 Å². The largest absolute Gasteiger partial charge is 0.487 e. The van der Waals surface area contributed by atoms with Gasteiger partial charge >= 0.3 is 0 Å². The minimum Gasteiger partial charge on any atom is -0.487 e. The third-order valence-electron chi connectivity index (χ3n) is 3.72. The smallest absolute Gasteiger partial charge is 0.237 e. The van der Waals surface area contributed by atoms with E-state index in [1.54, 1.807) is 6.07 Å². The van der Waals surface area contributed by atoms with Crippen LogP contribution in [0.4, 0.5) is 0 Å². The first kappa shape index (κ1) is 16.1. The number of benzene rings is 1. The van der Waals surface area contributed by atoms with Crippen LogP contribution in [0.15, 0.2) is 24.3 Å². The molecule has 1 saturated heterocycles. The van der Waals surface area contributed by atoms with Crippen LogP contribution >= 0.6 is 11.6 Å². The summed E-state index contributed by atoms with van der Waals surface area (Å²) >= 11 is 6.09. The highest BCUT2D eigenvalue weighted by Crippen LogP contribution is 2.24. The molecule has 2 N–H and O–H groups in total. The van der Waals surface area contributed by atoms with Crippen LogP contribution in [0.5, 0.6) is 5.75 Å². The highest BCUT2D eigenvalue weighted by Gasteiger charge is 2.21. The minimum absolute atomic E-state index is 0.0587. The van der Waals surface area contributed by atoms with Gasteiger partial charge in [0.25, 0.3) is 0 Å². The number of hydrogen-bond donors (Lipinski definition) is 2. The van der Waals surface area contributed by atoms with E-state index in [2.05, 4.69) is 10.6 Å². The first-order chi connectivity index (χ1) is 10.2. The maximum Gasteiger partial charge on any atom is 0.237 e. The summed E-state index contributed by atoms with van der Waals surface area (Å²) in [5.41, 5.74) is 0. The predicted octanol–water partition coefficient (Wildman–Crippen LogP) is 2.76. The van der Waals surface area contributed by atoms with Crippen molar-refractivity contribution in [2.45, 2.75) is 44.8 Å². The van der Waals surface area contributed by atoms with Gasteiger partial charge in [0.15, 0.2) is 0 Å². The number of carbonyl (C=O) groups is 1. The molecule has 0 bridgehead atoms. The fraction of sp³-hybridized carbons (Fsp3) is 0.562. The lowest BCUT2D eigenvalue weighted by Crippen LogP contribution is -2.48. The SMILES string of the molecule is CCC(CNC(=O)C1CCCCN1)Oc1ccccc1Cl. The Balaban J connectivity index is 1.82. The standard InChI is InChI=1S/C16H23ClN2O2/c1-2-12(21-15-9-4-3-7-13(15)17)11-19-16(20)14-8-5-6-10-18-14/h3-4,7,9,12,14,18H,2,5-6,8,10-11H2,1H3,(H,19,20). The monoisotopic (exact) mass is 310 g/mol. The molecule has 1 fully saturated rings. The van der Waals surface area contributed by atoms with Gasteiger partial charge in [-0.25, -0.2) is 0 Å². The Morgan fingerprint density at radius 1 is 1.48 bits per heavy atom. The molecule has 0 radical (unpaired) electrons. The van der Waals surface area contributed by atoms with Crippen molar-refractivity contribution >= 4 is 17.5 Å². The van der Waals surface area contributed by atoms with Crippen LogP contribution in [-0.4, -0.2) is 31.1 Å². The summed E-state index contributed by atoms with van der Waals surface area (Å²) in [6.07, 6.45) is 3.91. The van der Waals surface area contributed by atoms with Crippen molar-refractivity contribution in [1.82, 2.24) is 10.6 Å². The van der Waals surface area contributed by atoms with Crippen LogP contribution in [0.3, 0.4) is 0 Å². The Bertz CT molecular complexity index is 461. The number of piperidine rings is 1. The average molecular weight is 311 g/mol. The zero-order chi connectivity index (χ0) is 15.1. The molecule has 1 aromatic carbocycles. The van der Waals surface area contributed by atoms with Crippen LogP contribution in [0.25, 0.3) is 0 Å². The van der Waals surface area contributed by atoms with Gasteiger partial charge in [-0.2, -0.15) is 0 Å². The first-order valence-corrected chi connectivity index (χ1v) is 8.00. The third kappa shape index (κ3) is 4.90. The number of halogens is 1. The molecule has 1 aromatic rings. The maximum absolute atomic E-state index is 12.1. The van der Waals surface area contributed by atoms with E-state index in [4.69, 9.17) is 16.3 Å². The van der Waals surface area contributed by atoms with E-state index in [0.29, 0.717) is 17.3 Å². The van der Waals surface area contributed by atoms with Crippen molar-refractivity contribution < 1.29 is 9.53 Å². The van der Waals surface area contributed by atoms with Gasteiger partial charge in [0.2, 0.25) is 5.91 Å². The van der Waals surface area contributed by atoms with Crippen molar-refractivity contribution in [2.75, 3.05) is 13.1 Å². The van der Waals surface area contributed by atoms with E-state index >= 15 is 0 Å². The van der Waals surface area contributed by atoms with Gasteiger partial charge in [-0.1, -0.05) is 37.1 Å². The normalized spacial score (nSPS) is 19.8. The highest BCUT2D eigenvalue weighted by molar-refractivity contribution is 6.32. The van der Waals surface area contributed by atoms with Crippen molar-refractivity contribution in [3.05, 3.63) is 29.3 Å². The average Bonchev–Trinajstić information content (AvgIpc) is 2.53. The zero-order valence-electron chi connectivity index (χ0n) is 12.4. The van der Waals surface area contributed by atoms with Crippen molar-refractivity contribution in [1.29, 1.82) is 0 Å². The molecule has 5 heteroatoms. The molecule has 0 spiro atoms. The molecule has 0 saturated carbocycles. The number of amides is 1. The number of nitrogens with one attached hydrogen (secondary N) is 2. The minimum atomic E-state index is -0.0718. The molecule has 2 atom stereocenters. The van der Waals surface area contributed by atoms with Gasteiger partial charge in [0.1, 0.15) is 11.9 Å². The Morgan fingerprint density at radius 2 is 2.29 bits per heavy atom. The maximum atomic E-state index is 12.1. The second-order valence-corrected chi connectivity index (χ2v) is 5.73. The molecule has 1 amide bonds. The predicted molar refractivity (Wildman–Crippen MR) is 84.8 cm³/mol. The van der Waals surface area contributed by atoms with E-state index in [0.717, 1.165) is 32.2 Å². The lowest BCUT2D eigenvalue weighted by atomic mass is 10.0. The summed E-state index contributed by atoms with van der Waals surface area (Å²) in [5, 5.41) is 6.81. The second-order valence-electron chi connectivity index (χ2n) is 5.33. The number of ether oxygens (including phenoxy) is 1. The summed E-state index contributed by atoms with van der Waals surface area (Å²) in [4.78, 5) is 12.1. The quantitative estimate of drug-likeness (QED) is 0.849. The Kier molecular flexibility index (Phi) is 6.33. The molecule has 116 valence electrons. The third-order valence-corrected chi connectivity index (χ3v) is 4.03. The summed E-state index contributed by atoms with van der Waals surface area (Å²) in [6.45, 7) is 3.46.